The number of hydrogen-bond donors (Lipinski definition) is 1. The molecule has 0 spiro atoms. The molecule has 0 amide bonds. The molecule has 3 unspecified atom stereocenters. The molecule has 1 saturated carbocycles. The van der Waals surface area contributed by atoms with Gasteiger partial charge in [-0.05, 0) is 38.1 Å². The number of esters is 1. The van der Waals surface area contributed by atoms with E-state index in [1.165, 1.54) is 32.8 Å². The number of carbonyl (C=O) groups is 1. The molecule has 0 aliphatic heterocycles. The average Bonchev–Trinajstić information content (AvgIpc) is 2.38. The minimum atomic E-state index is -0.250. The maximum atomic E-state index is 11.3. The van der Waals surface area contributed by atoms with Crippen molar-refractivity contribution in [3.63, 3.8) is 0 Å². The second-order valence-corrected chi connectivity index (χ2v) is 5.37. The van der Waals surface area contributed by atoms with E-state index in [0.717, 1.165) is 12.5 Å². The smallest absolute Gasteiger partial charge is 0.322 e. The lowest BCUT2D eigenvalue weighted by Gasteiger charge is -2.26. The standard InChI is InChI=1S/C14H27NO3/c1-11-5-4-6-12(9-11)10-18-8-7-13(15-2)14(16)17-3/h11-13,15H,4-10H2,1-3H3. The topological polar surface area (TPSA) is 47.6 Å². The van der Waals surface area contributed by atoms with Gasteiger partial charge in [-0.2, -0.15) is 0 Å². The Morgan fingerprint density at radius 3 is 2.83 bits per heavy atom. The fraction of sp³-hybridized carbons (Fsp3) is 0.929. The highest BCUT2D eigenvalue weighted by atomic mass is 16.5. The molecule has 0 aromatic heterocycles. The van der Waals surface area contributed by atoms with E-state index in [1.807, 2.05) is 0 Å². The second kappa shape index (κ2) is 8.48. The highest BCUT2D eigenvalue weighted by Crippen LogP contribution is 2.28. The lowest BCUT2D eigenvalue weighted by Crippen LogP contribution is -2.36. The number of methoxy groups -OCH3 is 1. The first-order valence-corrected chi connectivity index (χ1v) is 7.00. The van der Waals surface area contributed by atoms with E-state index >= 15 is 0 Å². The molecule has 106 valence electrons. The van der Waals surface area contributed by atoms with Gasteiger partial charge >= 0.3 is 5.97 Å². The largest absolute Gasteiger partial charge is 0.468 e. The van der Waals surface area contributed by atoms with Crippen molar-refractivity contribution < 1.29 is 14.3 Å². The van der Waals surface area contributed by atoms with Gasteiger partial charge in [-0.1, -0.05) is 19.8 Å². The summed E-state index contributed by atoms with van der Waals surface area (Å²) in [5.74, 6) is 1.33. The van der Waals surface area contributed by atoms with Gasteiger partial charge in [-0.25, -0.2) is 0 Å². The van der Waals surface area contributed by atoms with Gasteiger partial charge in [-0.3, -0.25) is 4.79 Å². The molecular weight excluding hydrogens is 230 g/mol. The number of rotatable bonds is 7. The summed E-state index contributed by atoms with van der Waals surface area (Å²) in [6.07, 6.45) is 5.94. The van der Waals surface area contributed by atoms with Gasteiger partial charge < -0.3 is 14.8 Å². The van der Waals surface area contributed by atoms with Crippen LogP contribution < -0.4 is 5.32 Å². The van der Waals surface area contributed by atoms with Crippen molar-refractivity contribution in [3.05, 3.63) is 0 Å². The first-order chi connectivity index (χ1) is 8.67. The molecule has 1 aliphatic carbocycles. The van der Waals surface area contributed by atoms with Crippen LogP contribution in [0.4, 0.5) is 0 Å². The van der Waals surface area contributed by atoms with Crippen molar-refractivity contribution >= 4 is 5.97 Å². The fourth-order valence-electron chi connectivity index (χ4n) is 2.68. The summed E-state index contributed by atoms with van der Waals surface area (Å²) in [5.41, 5.74) is 0. The quantitative estimate of drug-likeness (QED) is 0.559. The van der Waals surface area contributed by atoms with Gasteiger partial charge in [0.2, 0.25) is 0 Å². The molecule has 3 atom stereocenters. The maximum absolute atomic E-state index is 11.3. The molecule has 1 aliphatic rings. The fourth-order valence-corrected chi connectivity index (χ4v) is 2.68. The molecule has 4 nitrogen and oxygen atoms in total. The van der Waals surface area contributed by atoms with Crippen LogP contribution in [0.2, 0.25) is 0 Å². The summed E-state index contributed by atoms with van der Waals surface area (Å²) in [5, 5.41) is 2.94. The van der Waals surface area contributed by atoms with Crippen LogP contribution in [0, 0.1) is 11.8 Å². The van der Waals surface area contributed by atoms with Crippen LogP contribution in [-0.4, -0.2) is 39.4 Å². The SMILES string of the molecule is CNC(CCOCC1CCCC(C)C1)C(=O)OC. The molecule has 1 N–H and O–H groups in total. The van der Waals surface area contributed by atoms with Crippen LogP contribution in [0.25, 0.3) is 0 Å². The zero-order valence-electron chi connectivity index (χ0n) is 11.9. The Kier molecular flexibility index (Phi) is 7.28. The van der Waals surface area contributed by atoms with Crippen molar-refractivity contribution in [2.24, 2.45) is 11.8 Å². The third kappa shape index (κ3) is 5.36. The van der Waals surface area contributed by atoms with Crippen LogP contribution >= 0.6 is 0 Å². The Balaban J connectivity index is 2.11. The Hall–Kier alpha value is -0.610. The van der Waals surface area contributed by atoms with Crippen LogP contribution in [0.3, 0.4) is 0 Å². The third-order valence-electron chi connectivity index (χ3n) is 3.78. The zero-order valence-corrected chi connectivity index (χ0v) is 11.9. The van der Waals surface area contributed by atoms with Gasteiger partial charge in [-0.15, -0.1) is 0 Å². The minimum Gasteiger partial charge on any atom is -0.468 e. The maximum Gasteiger partial charge on any atom is 0.322 e. The van der Waals surface area contributed by atoms with Crippen LogP contribution in [0.1, 0.15) is 39.0 Å². The Morgan fingerprint density at radius 1 is 1.44 bits per heavy atom. The van der Waals surface area contributed by atoms with Crippen molar-refractivity contribution in [1.29, 1.82) is 0 Å². The molecule has 0 bridgehead atoms. The molecule has 0 heterocycles. The predicted molar refractivity (Wildman–Crippen MR) is 71.4 cm³/mol. The summed E-state index contributed by atoms with van der Waals surface area (Å²) in [7, 11) is 3.18. The number of likely N-dealkylation sites (N-methyl/N-ethyl adjacent to an activating group) is 1. The van der Waals surface area contributed by atoms with Gasteiger partial charge in [0.1, 0.15) is 6.04 Å². The van der Waals surface area contributed by atoms with E-state index in [9.17, 15) is 4.79 Å². The van der Waals surface area contributed by atoms with E-state index in [-0.39, 0.29) is 12.0 Å². The molecule has 0 aromatic rings. The summed E-state index contributed by atoms with van der Waals surface area (Å²) in [4.78, 5) is 11.3. The number of nitrogens with one attached hydrogen (secondary N) is 1. The Bertz CT molecular complexity index is 245. The van der Waals surface area contributed by atoms with Crippen molar-refractivity contribution in [1.82, 2.24) is 5.32 Å². The first-order valence-electron chi connectivity index (χ1n) is 7.00. The third-order valence-corrected chi connectivity index (χ3v) is 3.78. The van der Waals surface area contributed by atoms with Crippen LogP contribution in [-0.2, 0) is 14.3 Å². The molecule has 18 heavy (non-hydrogen) atoms. The number of ether oxygens (including phenoxy) is 2. The Labute approximate surface area is 110 Å². The van der Waals surface area contributed by atoms with Gasteiger partial charge in [0, 0.05) is 13.2 Å². The Morgan fingerprint density at radius 2 is 2.22 bits per heavy atom. The first kappa shape index (κ1) is 15.4. The second-order valence-electron chi connectivity index (χ2n) is 5.37. The van der Waals surface area contributed by atoms with E-state index in [1.54, 1.807) is 7.05 Å². The lowest BCUT2D eigenvalue weighted by molar-refractivity contribution is -0.143. The molecular formula is C14H27NO3. The molecule has 4 heteroatoms. The van der Waals surface area contributed by atoms with Crippen molar-refractivity contribution in [2.45, 2.75) is 45.1 Å². The summed E-state index contributed by atoms with van der Waals surface area (Å²) >= 11 is 0. The molecule has 0 aromatic carbocycles. The van der Waals surface area contributed by atoms with Gasteiger partial charge in [0.25, 0.3) is 0 Å². The molecule has 1 rings (SSSR count). The van der Waals surface area contributed by atoms with Crippen molar-refractivity contribution in [2.75, 3.05) is 27.4 Å². The van der Waals surface area contributed by atoms with E-state index < -0.39 is 0 Å². The monoisotopic (exact) mass is 257 g/mol. The van der Waals surface area contributed by atoms with Crippen LogP contribution in [0.5, 0.6) is 0 Å². The highest BCUT2D eigenvalue weighted by molar-refractivity contribution is 5.75. The zero-order chi connectivity index (χ0) is 13.4. The summed E-state index contributed by atoms with van der Waals surface area (Å²) in [6.45, 7) is 3.77. The summed E-state index contributed by atoms with van der Waals surface area (Å²) in [6, 6.07) is -0.250. The normalized spacial score (nSPS) is 25.7. The van der Waals surface area contributed by atoms with Crippen LogP contribution in [0.15, 0.2) is 0 Å². The number of hydrogen-bond acceptors (Lipinski definition) is 4. The molecule has 0 radical (unpaired) electrons. The molecule has 0 saturated heterocycles. The molecule has 1 fully saturated rings. The summed E-state index contributed by atoms with van der Waals surface area (Å²) < 4.78 is 10.4. The number of carbonyl (C=O) groups excluding carboxylic acids is 1. The minimum absolute atomic E-state index is 0.215. The van der Waals surface area contributed by atoms with Crippen molar-refractivity contribution in [3.8, 4) is 0 Å². The predicted octanol–water partition coefficient (Wildman–Crippen LogP) is 1.98. The van der Waals surface area contributed by atoms with Gasteiger partial charge in [0.05, 0.1) is 7.11 Å². The van der Waals surface area contributed by atoms with E-state index in [2.05, 4.69) is 12.2 Å². The van der Waals surface area contributed by atoms with Gasteiger partial charge in [0.15, 0.2) is 0 Å². The lowest BCUT2D eigenvalue weighted by atomic mass is 9.83. The van der Waals surface area contributed by atoms with E-state index in [0.29, 0.717) is 18.9 Å². The highest BCUT2D eigenvalue weighted by Gasteiger charge is 2.20. The average molecular weight is 257 g/mol. The van der Waals surface area contributed by atoms with E-state index in [4.69, 9.17) is 9.47 Å².